The topological polar surface area (TPSA) is 32.1 Å². The van der Waals surface area contributed by atoms with Crippen LogP contribution in [-0.2, 0) is 0 Å². The number of nitrogens with one attached hydrogen (secondary N) is 1. The van der Waals surface area contributed by atoms with E-state index in [0.717, 1.165) is 18.4 Å². The van der Waals surface area contributed by atoms with Crippen molar-refractivity contribution in [2.45, 2.75) is 49.3 Å². The first-order valence-corrected chi connectivity index (χ1v) is 9.82. The van der Waals surface area contributed by atoms with E-state index < -0.39 is 0 Å². The number of carbonyl (C=O) groups excluding carboxylic acids is 1. The molecule has 0 saturated carbocycles. The summed E-state index contributed by atoms with van der Waals surface area (Å²) in [5.41, 5.74) is 1.96. The van der Waals surface area contributed by atoms with Gasteiger partial charge in [-0.15, -0.1) is 0 Å². The second-order valence-corrected chi connectivity index (χ2v) is 8.77. The van der Waals surface area contributed by atoms with Crippen LogP contribution in [0.15, 0.2) is 48.5 Å². The lowest BCUT2D eigenvalue weighted by Crippen LogP contribution is -2.61. The van der Waals surface area contributed by atoms with Crippen LogP contribution in [0.4, 0.5) is 0 Å². The Balaban J connectivity index is 1.50. The minimum absolute atomic E-state index is 0.0292. The van der Waals surface area contributed by atoms with Crippen LogP contribution in [0, 0.1) is 0 Å². The first kappa shape index (κ1) is 16.6. The van der Waals surface area contributed by atoms with Crippen molar-refractivity contribution in [2.75, 3.05) is 0 Å². The van der Waals surface area contributed by atoms with E-state index in [1.165, 1.54) is 6.42 Å². The van der Waals surface area contributed by atoms with E-state index in [1.807, 2.05) is 18.2 Å². The van der Waals surface area contributed by atoms with Gasteiger partial charge in [0.15, 0.2) is 0 Å². The van der Waals surface area contributed by atoms with Gasteiger partial charge in [-0.3, -0.25) is 9.69 Å². The molecule has 1 N–H and O–H groups in total. The van der Waals surface area contributed by atoms with Gasteiger partial charge in [0.2, 0.25) is 0 Å². The summed E-state index contributed by atoms with van der Waals surface area (Å²) >= 11 is 12.4. The summed E-state index contributed by atoms with van der Waals surface area (Å²) in [5.74, 6) is -0.167. The molecule has 1 amide bonds. The summed E-state index contributed by atoms with van der Waals surface area (Å²) in [7, 11) is 0. The molecule has 3 heterocycles. The standard InChI is InChI=1S/C21H20Cl2N2O/c1-20-12-21(11-10-16(20)25(20)21)18(13-6-3-2-4-7-13)24-19(26)14-8-5-9-15(22)17(14)23/h2-9,16,18H,10-12H2,1H3,(H,24,26). The third-order valence-corrected chi connectivity index (χ3v) is 7.47. The molecule has 134 valence electrons. The number of halogens is 2. The summed E-state index contributed by atoms with van der Waals surface area (Å²) < 4.78 is 0. The number of carbonyl (C=O) groups is 1. The maximum absolute atomic E-state index is 13.0. The number of hydrogen-bond acceptors (Lipinski definition) is 2. The molecule has 26 heavy (non-hydrogen) atoms. The summed E-state index contributed by atoms with van der Waals surface area (Å²) in [6, 6.07) is 16.1. The molecule has 0 radical (unpaired) electrons. The highest BCUT2D eigenvalue weighted by Gasteiger charge is 2.82. The minimum atomic E-state index is -0.167. The van der Waals surface area contributed by atoms with Crippen LogP contribution in [0.3, 0.4) is 0 Å². The van der Waals surface area contributed by atoms with Gasteiger partial charge in [-0.2, -0.15) is 0 Å². The Bertz CT molecular complexity index is 902. The van der Waals surface area contributed by atoms with Crippen molar-refractivity contribution < 1.29 is 4.79 Å². The Kier molecular flexibility index (Phi) is 3.50. The largest absolute Gasteiger partial charge is 0.343 e. The molecule has 0 aliphatic carbocycles. The van der Waals surface area contributed by atoms with Crippen LogP contribution in [0.5, 0.6) is 0 Å². The molecular weight excluding hydrogens is 367 g/mol. The Morgan fingerprint density at radius 3 is 2.62 bits per heavy atom. The van der Waals surface area contributed by atoms with Crippen molar-refractivity contribution in [3.8, 4) is 0 Å². The summed E-state index contributed by atoms with van der Waals surface area (Å²) in [6.45, 7) is 2.34. The van der Waals surface area contributed by atoms with Crippen LogP contribution in [0.25, 0.3) is 0 Å². The molecule has 3 aliphatic rings. The number of amides is 1. The van der Waals surface area contributed by atoms with E-state index in [1.54, 1.807) is 18.2 Å². The molecule has 5 unspecified atom stereocenters. The van der Waals surface area contributed by atoms with E-state index >= 15 is 0 Å². The van der Waals surface area contributed by atoms with Gasteiger partial charge in [-0.05, 0) is 43.9 Å². The van der Waals surface area contributed by atoms with Crippen LogP contribution >= 0.6 is 23.2 Å². The van der Waals surface area contributed by atoms with Crippen molar-refractivity contribution in [3.63, 3.8) is 0 Å². The number of piperidine rings is 1. The molecule has 5 heteroatoms. The zero-order valence-corrected chi connectivity index (χ0v) is 16.0. The van der Waals surface area contributed by atoms with E-state index in [0.29, 0.717) is 27.2 Å². The number of nitrogens with zero attached hydrogens (tertiary/aromatic N) is 1. The molecule has 2 aromatic carbocycles. The predicted molar refractivity (Wildman–Crippen MR) is 104 cm³/mol. The first-order valence-electron chi connectivity index (χ1n) is 9.07. The van der Waals surface area contributed by atoms with Crippen molar-refractivity contribution in [1.29, 1.82) is 0 Å². The van der Waals surface area contributed by atoms with E-state index in [-0.39, 0.29) is 17.5 Å². The third kappa shape index (κ3) is 2.08. The van der Waals surface area contributed by atoms with Crippen LogP contribution in [0.1, 0.15) is 48.1 Å². The Labute approximate surface area is 163 Å². The van der Waals surface area contributed by atoms with Crippen LogP contribution < -0.4 is 5.32 Å². The van der Waals surface area contributed by atoms with E-state index in [4.69, 9.17) is 23.2 Å². The van der Waals surface area contributed by atoms with Crippen molar-refractivity contribution in [1.82, 2.24) is 10.2 Å². The molecule has 5 rings (SSSR count). The van der Waals surface area contributed by atoms with Gasteiger partial charge in [0.1, 0.15) is 0 Å². The average Bonchev–Trinajstić information content (AvgIpc) is 2.95. The minimum Gasteiger partial charge on any atom is -0.343 e. The van der Waals surface area contributed by atoms with Gasteiger partial charge in [0, 0.05) is 17.1 Å². The normalized spacial score (nSPS) is 34.6. The van der Waals surface area contributed by atoms with Crippen molar-refractivity contribution in [2.24, 2.45) is 0 Å². The number of fused-ring (bicyclic) bond motifs is 1. The van der Waals surface area contributed by atoms with Crippen LogP contribution in [0.2, 0.25) is 10.0 Å². The fourth-order valence-electron chi connectivity index (χ4n) is 5.62. The molecule has 5 atom stereocenters. The molecule has 3 aliphatic heterocycles. The average molecular weight is 387 g/mol. The van der Waals surface area contributed by atoms with Gasteiger partial charge in [0.05, 0.1) is 21.7 Å². The van der Waals surface area contributed by atoms with Gasteiger partial charge in [-0.1, -0.05) is 59.6 Å². The Morgan fingerprint density at radius 1 is 1.19 bits per heavy atom. The van der Waals surface area contributed by atoms with Crippen LogP contribution in [-0.4, -0.2) is 27.9 Å². The number of benzene rings is 2. The van der Waals surface area contributed by atoms with Crippen molar-refractivity contribution in [3.05, 3.63) is 69.7 Å². The van der Waals surface area contributed by atoms with Gasteiger partial charge in [0.25, 0.3) is 5.91 Å². The highest BCUT2D eigenvalue weighted by molar-refractivity contribution is 6.43. The third-order valence-electron chi connectivity index (χ3n) is 6.65. The summed E-state index contributed by atoms with van der Waals surface area (Å²) in [5, 5.41) is 4.00. The van der Waals surface area contributed by atoms with Gasteiger partial charge in [-0.25, -0.2) is 0 Å². The maximum atomic E-state index is 13.0. The van der Waals surface area contributed by atoms with E-state index in [2.05, 4.69) is 29.3 Å². The highest BCUT2D eigenvalue weighted by Crippen LogP contribution is 2.73. The number of hydrogen-bond donors (Lipinski definition) is 1. The molecular formula is C21H20Cl2N2O. The number of rotatable bonds is 4. The summed E-state index contributed by atoms with van der Waals surface area (Å²) in [6.07, 6.45) is 3.47. The van der Waals surface area contributed by atoms with Gasteiger partial charge >= 0.3 is 0 Å². The molecule has 3 fully saturated rings. The fraction of sp³-hybridized carbons (Fsp3) is 0.381. The smallest absolute Gasteiger partial charge is 0.253 e. The fourth-order valence-corrected chi connectivity index (χ4v) is 6.01. The molecule has 3 nitrogen and oxygen atoms in total. The van der Waals surface area contributed by atoms with Crippen molar-refractivity contribution >= 4 is 29.1 Å². The predicted octanol–water partition coefficient (Wildman–Crippen LogP) is 4.84. The van der Waals surface area contributed by atoms with Gasteiger partial charge < -0.3 is 5.32 Å². The zero-order valence-electron chi connectivity index (χ0n) is 14.5. The Hall–Kier alpha value is -1.55. The highest BCUT2D eigenvalue weighted by atomic mass is 35.5. The molecule has 2 aromatic rings. The van der Waals surface area contributed by atoms with E-state index in [9.17, 15) is 4.79 Å². The molecule has 3 saturated heterocycles. The Morgan fingerprint density at radius 2 is 1.96 bits per heavy atom. The molecule has 0 spiro atoms. The lowest BCUT2D eigenvalue weighted by molar-refractivity contribution is 0.0212. The summed E-state index contributed by atoms with van der Waals surface area (Å²) in [4.78, 5) is 15.7. The SMILES string of the molecule is CC12CC3(C(NC(=O)c4cccc(Cl)c4Cl)c4ccccc4)CCC1N23. The second kappa shape index (κ2) is 5.48. The first-order chi connectivity index (χ1) is 12.5. The molecule has 0 bridgehead atoms. The maximum Gasteiger partial charge on any atom is 0.253 e. The quantitative estimate of drug-likeness (QED) is 0.762. The molecule has 0 aromatic heterocycles. The lowest BCUT2D eigenvalue weighted by Gasteiger charge is -2.52. The lowest BCUT2D eigenvalue weighted by atomic mass is 9.67. The second-order valence-electron chi connectivity index (χ2n) is 7.98. The zero-order chi connectivity index (χ0) is 18.1. The monoisotopic (exact) mass is 386 g/mol.